The molecule has 1 unspecified atom stereocenters. The number of carboxylic acids is 1. The van der Waals surface area contributed by atoms with E-state index in [1.54, 1.807) is 13.0 Å². The first kappa shape index (κ1) is 14.7. The molecule has 1 aromatic rings. The monoisotopic (exact) mass is 252 g/mol. The molecule has 100 valence electrons. The fourth-order valence-electron chi connectivity index (χ4n) is 2.26. The average Bonchev–Trinajstić information content (AvgIpc) is 2.32. The van der Waals surface area contributed by atoms with Gasteiger partial charge in [0.05, 0.1) is 5.56 Å². The topological polar surface area (TPSA) is 37.3 Å². The number of carboxylic acid groups (broad SMARTS) is 1. The van der Waals surface area contributed by atoms with Crippen LogP contribution in [0.15, 0.2) is 12.1 Å². The van der Waals surface area contributed by atoms with Crippen molar-refractivity contribution >= 4 is 5.97 Å². The lowest BCUT2D eigenvalue weighted by Gasteiger charge is -2.16. The number of aromatic carboxylic acids is 1. The van der Waals surface area contributed by atoms with Crippen molar-refractivity contribution in [1.29, 1.82) is 0 Å². The molecule has 0 saturated heterocycles. The van der Waals surface area contributed by atoms with Gasteiger partial charge in [0.15, 0.2) is 0 Å². The Morgan fingerprint density at radius 1 is 1.39 bits per heavy atom. The van der Waals surface area contributed by atoms with E-state index in [2.05, 4.69) is 13.8 Å². The predicted molar refractivity (Wildman–Crippen MR) is 70.7 cm³/mol. The average molecular weight is 252 g/mol. The minimum atomic E-state index is -1.21. The highest BCUT2D eigenvalue weighted by Crippen LogP contribution is 2.27. The molecular formula is C15H21FO2. The summed E-state index contributed by atoms with van der Waals surface area (Å²) < 4.78 is 13.9. The summed E-state index contributed by atoms with van der Waals surface area (Å²) in [5.74, 6) is -1.53. The number of hydrogen-bond acceptors (Lipinski definition) is 1. The minimum Gasteiger partial charge on any atom is -0.478 e. The summed E-state index contributed by atoms with van der Waals surface area (Å²) >= 11 is 0. The predicted octanol–water partition coefficient (Wildman–Crippen LogP) is 4.52. The third kappa shape index (κ3) is 3.31. The molecule has 0 fully saturated rings. The molecule has 3 heteroatoms. The van der Waals surface area contributed by atoms with Crippen molar-refractivity contribution in [2.75, 3.05) is 0 Å². The Morgan fingerprint density at radius 2 is 2.06 bits per heavy atom. The molecule has 1 N–H and O–H groups in total. The van der Waals surface area contributed by atoms with Gasteiger partial charge in [-0.15, -0.1) is 0 Å². The number of benzene rings is 1. The summed E-state index contributed by atoms with van der Waals surface area (Å²) in [7, 11) is 0. The van der Waals surface area contributed by atoms with Gasteiger partial charge in [-0.1, -0.05) is 39.2 Å². The van der Waals surface area contributed by atoms with Crippen LogP contribution in [0.5, 0.6) is 0 Å². The van der Waals surface area contributed by atoms with Crippen molar-refractivity contribution in [2.24, 2.45) is 0 Å². The Morgan fingerprint density at radius 3 is 2.61 bits per heavy atom. The lowest BCUT2D eigenvalue weighted by molar-refractivity contribution is 0.0691. The van der Waals surface area contributed by atoms with E-state index in [1.165, 1.54) is 12.5 Å². The largest absolute Gasteiger partial charge is 0.478 e. The van der Waals surface area contributed by atoms with Gasteiger partial charge in [-0.3, -0.25) is 0 Å². The van der Waals surface area contributed by atoms with E-state index in [0.29, 0.717) is 5.56 Å². The Kier molecular flexibility index (Phi) is 5.32. The number of halogens is 1. The van der Waals surface area contributed by atoms with Crippen molar-refractivity contribution in [3.63, 3.8) is 0 Å². The Bertz CT molecular complexity index is 427. The van der Waals surface area contributed by atoms with E-state index >= 15 is 0 Å². The molecule has 0 spiro atoms. The van der Waals surface area contributed by atoms with Gasteiger partial charge >= 0.3 is 5.97 Å². The van der Waals surface area contributed by atoms with Gasteiger partial charge in [0.25, 0.3) is 0 Å². The van der Waals surface area contributed by atoms with Gasteiger partial charge in [0, 0.05) is 0 Å². The fraction of sp³-hybridized carbons (Fsp3) is 0.533. The summed E-state index contributed by atoms with van der Waals surface area (Å²) in [5, 5.41) is 8.85. The molecule has 1 atom stereocenters. The summed E-state index contributed by atoms with van der Waals surface area (Å²) in [6.07, 6.45) is 4.48. The van der Waals surface area contributed by atoms with Crippen molar-refractivity contribution in [3.8, 4) is 0 Å². The zero-order chi connectivity index (χ0) is 13.7. The Labute approximate surface area is 108 Å². The molecule has 0 heterocycles. The standard InChI is InChI=1S/C15H21FO2/c1-4-5-6-7-10(2)12-8-9-13(15(17)18)14(16)11(12)3/h8-10H,4-7H2,1-3H3,(H,17,18). The molecule has 0 radical (unpaired) electrons. The smallest absolute Gasteiger partial charge is 0.338 e. The van der Waals surface area contributed by atoms with Crippen LogP contribution >= 0.6 is 0 Å². The Balaban J connectivity index is 2.90. The lowest BCUT2D eigenvalue weighted by Crippen LogP contribution is -2.06. The minimum absolute atomic E-state index is 0.239. The summed E-state index contributed by atoms with van der Waals surface area (Å²) in [5.41, 5.74) is 1.16. The maximum absolute atomic E-state index is 13.9. The molecule has 1 rings (SSSR count). The maximum atomic E-state index is 13.9. The zero-order valence-electron chi connectivity index (χ0n) is 11.3. The molecule has 1 aromatic carbocycles. The van der Waals surface area contributed by atoms with Crippen molar-refractivity contribution < 1.29 is 14.3 Å². The normalized spacial score (nSPS) is 12.4. The molecule has 0 bridgehead atoms. The number of hydrogen-bond donors (Lipinski definition) is 1. The molecule has 0 aliphatic rings. The highest BCUT2D eigenvalue weighted by atomic mass is 19.1. The van der Waals surface area contributed by atoms with E-state index in [1.807, 2.05) is 0 Å². The molecule has 0 aliphatic carbocycles. The van der Waals surface area contributed by atoms with Gasteiger partial charge in [-0.2, -0.15) is 0 Å². The summed E-state index contributed by atoms with van der Waals surface area (Å²) in [4.78, 5) is 10.8. The van der Waals surface area contributed by atoms with Crippen LogP contribution in [0.4, 0.5) is 4.39 Å². The second-order valence-corrected chi connectivity index (χ2v) is 4.84. The summed E-state index contributed by atoms with van der Waals surface area (Å²) in [6.45, 7) is 5.88. The van der Waals surface area contributed by atoms with Crippen LogP contribution in [-0.2, 0) is 0 Å². The van der Waals surface area contributed by atoms with Crippen LogP contribution < -0.4 is 0 Å². The number of rotatable bonds is 6. The second kappa shape index (κ2) is 6.53. The first-order valence-corrected chi connectivity index (χ1v) is 6.51. The van der Waals surface area contributed by atoms with Crippen LogP contribution in [0.25, 0.3) is 0 Å². The highest BCUT2D eigenvalue weighted by molar-refractivity contribution is 5.88. The van der Waals surface area contributed by atoms with Crippen LogP contribution in [0.2, 0.25) is 0 Å². The third-order valence-corrected chi connectivity index (χ3v) is 3.43. The molecule has 18 heavy (non-hydrogen) atoms. The van der Waals surface area contributed by atoms with Gasteiger partial charge in [0.2, 0.25) is 0 Å². The Hall–Kier alpha value is -1.38. The molecule has 0 saturated carbocycles. The highest BCUT2D eigenvalue weighted by Gasteiger charge is 2.17. The SMILES string of the molecule is CCCCCC(C)c1ccc(C(=O)O)c(F)c1C. The van der Waals surface area contributed by atoms with Gasteiger partial charge in [0.1, 0.15) is 5.82 Å². The van der Waals surface area contributed by atoms with Gasteiger partial charge in [-0.25, -0.2) is 9.18 Å². The van der Waals surface area contributed by atoms with Crippen LogP contribution in [0.1, 0.15) is 66.9 Å². The van der Waals surface area contributed by atoms with Crippen LogP contribution in [-0.4, -0.2) is 11.1 Å². The fourth-order valence-corrected chi connectivity index (χ4v) is 2.26. The lowest BCUT2D eigenvalue weighted by atomic mass is 9.90. The molecular weight excluding hydrogens is 231 g/mol. The van der Waals surface area contributed by atoms with Gasteiger partial charge in [-0.05, 0) is 36.5 Å². The van der Waals surface area contributed by atoms with E-state index in [9.17, 15) is 9.18 Å². The third-order valence-electron chi connectivity index (χ3n) is 3.43. The van der Waals surface area contributed by atoms with E-state index < -0.39 is 11.8 Å². The van der Waals surface area contributed by atoms with Crippen molar-refractivity contribution in [1.82, 2.24) is 0 Å². The van der Waals surface area contributed by atoms with E-state index in [4.69, 9.17) is 5.11 Å². The van der Waals surface area contributed by atoms with Crippen molar-refractivity contribution in [3.05, 3.63) is 34.6 Å². The first-order chi connectivity index (χ1) is 8.49. The number of carbonyl (C=O) groups is 1. The molecule has 2 nitrogen and oxygen atoms in total. The zero-order valence-corrected chi connectivity index (χ0v) is 11.3. The quantitative estimate of drug-likeness (QED) is 0.756. The van der Waals surface area contributed by atoms with Gasteiger partial charge < -0.3 is 5.11 Å². The first-order valence-electron chi connectivity index (χ1n) is 6.51. The van der Waals surface area contributed by atoms with E-state index in [0.717, 1.165) is 24.8 Å². The maximum Gasteiger partial charge on any atom is 0.338 e. The van der Waals surface area contributed by atoms with E-state index in [-0.39, 0.29) is 11.5 Å². The molecule has 0 amide bonds. The second-order valence-electron chi connectivity index (χ2n) is 4.84. The number of unbranched alkanes of at least 4 members (excludes halogenated alkanes) is 2. The van der Waals surface area contributed by atoms with Crippen molar-refractivity contribution in [2.45, 2.75) is 52.4 Å². The molecule has 0 aromatic heterocycles. The van der Waals surface area contributed by atoms with Crippen LogP contribution in [0.3, 0.4) is 0 Å². The summed E-state index contributed by atoms with van der Waals surface area (Å²) in [6, 6.07) is 3.12. The van der Waals surface area contributed by atoms with Crippen LogP contribution in [0, 0.1) is 12.7 Å². The molecule has 0 aliphatic heterocycles.